The van der Waals surface area contributed by atoms with Gasteiger partial charge in [0, 0.05) is 25.9 Å². The minimum Gasteiger partial charge on any atom is -0.354 e. The van der Waals surface area contributed by atoms with E-state index in [1.807, 2.05) is 18.2 Å². The largest absolute Gasteiger partial charge is 0.354 e. The molecule has 1 saturated heterocycles. The number of carbonyl (C=O) groups excluding carboxylic acids is 1. The molecule has 106 valence electrons. The Bertz CT molecular complexity index is 722. The molecule has 1 unspecified atom stereocenters. The average molecular weight is 294 g/mol. The lowest BCUT2D eigenvalue weighted by molar-refractivity contribution is -0.122. The van der Waals surface area contributed by atoms with Gasteiger partial charge >= 0.3 is 5.69 Å². The van der Waals surface area contributed by atoms with Gasteiger partial charge in [0.05, 0.1) is 17.1 Å². The highest BCUT2D eigenvalue weighted by atomic mass is 35.5. The molecule has 2 aromatic rings. The van der Waals surface area contributed by atoms with Gasteiger partial charge in [-0.2, -0.15) is 0 Å². The number of aryl methyl sites for hydroxylation is 1. The van der Waals surface area contributed by atoms with Crippen LogP contribution in [-0.2, 0) is 17.7 Å². The van der Waals surface area contributed by atoms with Crippen molar-refractivity contribution in [3.05, 3.63) is 34.2 Å². The van der Waals surface area contributed by atoms with Crippen molar-refractivity contribution >= 4 is 28.5 Å². The lowest BCUT2D eigenvalue weighted by Crippen LogP contribution is -2.39. The Kier molecular flexibility index (Phi) is 3.30. The van der Waals surface area contributed by atoms with Crippen LogP contribution in [0.1, 0.15) is 24.4 Å². The number of nitrogens with one attached hydrogen (secondary N) is 1. The molecule has 0 radical (unpaired) electrons. The number of halogens is 1. The predicted octanol–water partition coefficient (Wildman–Crippen LogP) is 1.53. The third kappa shape index (κ3) is 1.93. The molecule has 0 bridgehead atoms. The Balaban J connectivity index is 2.19. The van der Waals surface area contributed by atoms with Gasteiger partial charge in [0.15, 0.2) is 0 Å². The van der Waals surface area contributed by atoms with Gasteiger partial charge in [0.1, 0.15) is 0 Å². The summed E-state index contributed by atoms with van der Waals surface area (Å²) in [5, 5.41) is 2.83. The first-order valence-corrected chi connectivity index (χ1v) is 7.18. The topological polar surface area (TPSA) is 56.0 Å². The molecule has 1 aromatic carbocycles. The smallest absolute Gasteiger partial charge is 0.329 e. The summed E-state index contributed by atoms with van der Waals surface area (Å²) in [6.07, 6.45) is 1.15. The number of amides is 1. The number of para-hydroxylation sites is 1. The Morgan fingerprint density at radius 1 is 1.40 bits per heavy atom. The number of fused-ring (bicyclic) bond motifs is 1. The first-order valence-electron chi connectivity index (χ1n) is 6.65. The summed E-state index contributed by atoms with van der Waals surface area (Å²) in [5.41, 5.74) is 2.65. The Labute approximate surface area is 121 Å². The molecule has 6 heteroatoms. The van der Waals surface area contributed by atoms with E-state index in [1.54, 1.807) is 16.2 Å². The van der Waals surface area contributed by atoms with E-state index in [4.69, 9.17) is 11.6 Å². The molecule has 1 amide bonds. The fourth-order valence-corrected chi connectivity index (χ4v) is 3.14. The third-order valence-corrected chi connectivity index (χ3v) is 4.22. The van der Waals surface area contributed by atoms with E-state index in [-0.39, 0.29) is 17.6 Å². The van der Waals surface area contributed by atoms with E-state index in [0.717, 1.165) is 16.6 Å². The van der Waals surface area contributed by atoms with Crippen LogP contribution in [0.2, 0.25) is 0 Å². The molecule has 1 aliphatic rings. The molecule has 1 fully saturated rings. The fraction of sp³-hybridized carbons (Fsp3) is 0.429. The van der Waals surface area contributed by atoms with Gasteiger partial charge in [-0.25, -0.2) is 4.79 Å². The molecule has 0 spiro atoms. The van der Waals surface area contributed by atoms with Crippen molar-refractivity contribution in [2.75, 3.05) is 6.54 Å². The second kappa shape index (κ2) is 4.98. The SMILES string of the molecule is Cn1c(=O)n(C2CCC(=O)NC2)c2cccc(CCl)c21. The highest BCUT2D eigenvalue weighted by molar-refractivity contribution is 6.17. The number of imidazole rings is 1. The summed E-state index contributed by atoms with van der Waals surface area (Å²) >= 11 is 5.96. The van der Waals surface area contributed by atoms with Crippen molar-refractivity contribution < 1.29 is 4.79 Å². The lowest BCUT2D eigenvalue weighted by atomic mass is 10.1. The van der Waals surface area contributed by atoms with E-state index in [9.17, 15) is 9.59 Å². The van der Waals surface area contributed by atoms with Crippen LogP contribution in [0.25, 0.3) is 11.0 Å². The average Bonchev–Trinajstić information content (AvgIpc) is 2.72. The molecule has 1 atom stereocenters. The Hall–Kier alpha value is -1.75. The highest BCUT2D eigenvalue weighted by Gasteiger charge is 2.24. The summed E-state index contributed by atoms with van der Waals surface area (Å²) in [5.74, 6) is 0.423. The van der Waals surface area contributed by atoms with Crippen LogP contribution in [0.5, 0.6) is 0 Å². The minimum atomic E-state index is -0.0567. The number of nitrogens with zero attached hydrogens (tertiary/aromatic N) is 2. The summed E-state index contributed by atoms with van der Waals surface area (Å²) < 4.78 is 3.42. The van der Waals surface area contributed by atoms with E-state index in [0.29, 0.717) is 25.3 Å². The summed E-state index contributed by atoms with van der Waals surface area (Å²) in [7, 11) is 1.76. The highest BCUT2D eigenvalue weighted by Crippen LogP contribution is 2.24. The van der Waals surface area contributed by atoms with E-state index in [1.165, 1.54) is 0 Å². The standard InChI is InChI=1S/C14H16ClN3O2/c1-17-13-9(7-15)3-2-4-11(13)18(14(17)20)10-5-6-12(19)16-8-10/h2-4,10H,5-8H2,1H3,(H,16,19). The number of hydrogen-bond acceptors (Lipinski definition) is 2. The van der Waals surface area contributed by atoms with Crippen molar-refractivity contribution in [2.24, 2.45) is 7.05 Å². The maximum atomic E-state index is 12.5. The molecule has 3 rings (SSSR count). The predicted molar refractivity (Wildman–Crippen MR) is 78.0 cm³/mol. The second-order valence-electron chi connectivity index (χ2n) is 5.13. The molecular weight excluding hydrogens is 278 g/mol. The van der Waals surface area contributed by atoms with Crippen molar-refractivity contribution in [3.63, 3.8) is 0 Å². The molecule has 5 nitrogen and oxygen atoms in total. The summed E-state index contributed by atoms with van der Waals surface area (Å²) in [4.78, 5) is 23.8. The number of aromatic nitrogens is 2. The van der Waals surface area contributed by atoms with Crippen molar-refractivity contribution in [2.45, 2.75) is 24.8 Å². The van der Waals surface area contributed by atoms with Crippen LogP contribution in [0.4, 0.5) is 0 Å². The zero-order valence-corrected chi connectivity index (χ0v) is 12.0. The van der Waals surface area contributed by atoms with Gasteiger partial charge in [-0.3, -0.25) is 13.9 Å². The third-order valence-electron chi connectivity index (χ3n) is 3.93. The second-order valence-corrected chi connectivity index (χ2v) is 5.39. The van der Waals surface area contributed by atoms with Crippen LogP contribution in [0.3, 0.4) is 0 Å². The summed E-state index contributed by atoms with van der Waals surface area (Å²) in [6.45, 7) is 0.503. The molecule has 1 aromatic heterocycles. The minimum absolute atomic E-state index is 0.00877. The van der Waals surface area contributed by atoms with Crippen LogP contribution < -0.4 is 11.0 Å². The molecule has 20 heavy (non-hydrogen) atoms. The fourth-order valence-electron chi connectivity index (χ4n) is 2.92. The van der Waals surface area contributed by atoms with Crippen LogP contribution in [0, 0.1) is 0 Å². The molecule has 1 aliphatic heterocycles. The van der Waals surface area contributed by atoms with Gasteiger partial charge < -0.3 is 5.32 Å². The lowest BCUT2D eigenvalue weighted by Gasteiger charge is -2.23. The summed E-state index contributed by atoms with van der Waals surface area (Å²) in [6, 6.07) is 5.79. The van der Waals surface area contributed by atoms with E-state index >= 15 is 0 Å². The monoisotopic (exact) mass is 293 g/mol. The van der Waals surface area contributed by atoms with Gasteiger partial charge in [0.25, 0.3) is 0 Å². The maximum Gasteiger partial charge on any atom is 0.329 e. The molecule has 0 saturated carbocycles. The normalized spacial score (nSPS) is 19.3. The van der Waals surface area contributed by atoms with E-state index < -0.39 is 0 Å². The van der Waals surface area contributed by atoms with Gasteiger partial charge in [0.2, 0.25) is 5.91 Å². The van der Waals surface area contributed by atoms with Crippen molar-refractivity contribution in [1.29, 1.82) is 0 Å². The number of hydrogen-bond donors (Lipinski definition) is 1. The first kappa shape index (κ1) is 13.2. The van der Waals surface area contributed by atoms with E-state index in [2.05, 4.69) is 5.32 Å². The van der Waals surface area contributed by atoms with Gasteiger partial charge in [-0.1, -0.05) is 12.1 Å². The molecule has 1 N–H and O–H groups in total. The molecular formula is C14H16ClN3O2. The quantitative estimate of drug-likeness (QED) is 0.854. The maximum absolute atomic E-state index is 12.5. The van der Waals surface area contributed by atoms with Crippen LogP contribution in [0.15, 0.2) is 23.0 Å². The number of carbonyl (C=O) groups is 1. The first-order chi connectivity index (χ1) is 9.63. The number of rotatable bonds is 2. The van der Waals surface area contributed by atoms with Gasteiger partial charge in [-0.15, -0.1) is 11.6 Å². The zero-order valence-electron chi connectivity index (χ0n) is 11.2. The number of piperidine rings is 1. The zero-order chi connectivity index (χ0) is 14.3. The molecule has 0 aliphatic carbocycles. The van der Waals surface area contributed by atoms with Crippen LogP contribution in [-0.4, -0.2) is 21.6 Å². The Morgan fingerprint density at radius 2 is 2.20 bits per heavy atom. The number of alkyl halides is 1. The molecule has 2 heterocycles. The van der Waals surface area contributed by atoms with Crippen LogP contribution >= 0.6 is 11.6 Å². The van der Waals surface area contributed by atoms with Crippen molar-refractivity contribution in [1.82, 2.24) is 14.5 Å². The van der Waals surface area contributed by atoms with Crippen molar-refractivity contribution in [3.8, 4) is 0 Å². The number of benzene rings is 1. The van der Waals surface area contributed by atoms with Gasteiger partial charge in [-0.05, 0) is 18.1 Å². The Morgan fingerprint density at radius 3 is 2.85 bits per heavy atom.